The highest BCUT2D eigenvalue weighted by Gasteiger charge is 2.24. The second-order valence-electron chi connectivity index (χ2n) is 4.80. The lowest BCUT2D eigenvalue weighted by molar-refractivity contribution is 0.114. The number of nitrogens with one attached hydrogen (secondary N) is 1. The second kappa shape index (κ2) is 6.13. The van der Waals surface area contributed by atoms with E-state index in [1.807, 2.05) is 0 Å². The van der Waals surface area contributed by atoms with Crippen molar-refractivity contribution in [1.29, 1.82) is 0 Å². The zero-order valence-corrected chi connectivity index (χ0v) is 11.0. The van der Waals surface area contributed by atoms with Crippen molar-refractivity contribution < 1.29 is 13.2 Å². The lowest BCUT2D eigenvalue weighted by Gasteiger charge is -2.21. The predicted molar refractivity (Wildman–Crippen MR) is 65.9 cm³/mol. The summed E-state index contributed by atoms with van der Waals surface area (Å²) in [6.45, 7) is 2.48. The monoisotopic (exact) mass is 262 g/mol. The van der Waals surface area contributed by atoms with Gasteiger partial charge in [-0.3, -0.25) is 0 Å². The summed E-state index contributed by atoms with van der Waals surface area (Å²) in [5.74, 6) is 0. The van der Waals surface area contributed by atoms with Crippen molar-refractivity contribution in [3.8, 4) is 0 Å². The van der Waals surface area contributed by atoms with Crippen LogP contribution in [0.1, 0.15) is 38.5 Å². The van der Waals surface area contributed by atoms with Crippen LogP contribution >= 0.6 is 0 Å². The first-order valence-electron chi connectivity index (χ1n) is 6.55. The molecule has 1 N–H and O–H groups in total. The van der Waals surface area contributed by atoms with Crippen LogP contribution in [0.3, 0.4) is 0 Å². The van der Waals surface area contributed by atoms with Gasteiger partial charge in [-0.15, -0.1) is 0 Å². The Morgan fingerprint density at radius 2 is 1.82 bits per heavy atom. The van der Waals surface area contributed by atoms with Gasteiger partial charge in [-0.25, -0.2) is 0 Å². The average Bonchev–Trinajstić information content (AvgIpc) is 2.66. The van der Waals surface area contributed by atoms with Gasteiger partial charge in [-0.2, -0.15) is 17.4 Å². The zero-order valence-electron chi connectivity index (χ0n) is 10.2. The number of hydrogen-bond acceptors (Lipinski definition) is 3. The number of ether oxygens (including phenoxy) is 1. The van der Waals surface area contributed by atoms with Crippen LogP contribution in [0, 0.1) is 0 Å². The van der Waals surface area contributed by atoms with Crippen molar-refractivity contribution in [1.82, 2.24) is 9.03 Å². The van der Waals surface area contributed by atoms with Gasteiger partial charge in [-0.1, -0.05) is 12.8 Å². The molecule has 100 valence electrons. The quantitative estimate of drug-likeness (QED) is 0.818. The molecular formula is C11H22N2O3S. The standard InChI is InChI=1S/C11H22N2O3S/c14-17(15,12-10-11-6-5-9-16-11)13-7-3-1-2-4-8-13/h11-12H,1-10H2/t11-/m1/s1. The van der Waals surface area contributed by atoms with Gasteiger partial charge in [0, 0.05) is 26.2 Å². The van der Waals surface area contributed by atoms with E-state index in [1.54, 1.807) is 4.31 Å². The Labute approximate surface area is 104 Å². The Bertz CT molecular complexity index is 318. The number of nitrogens with zero attached hydrogens (tertiary/aromatic N) is 1. The van der Waals surface area contributed by atoms with E-state index in [0.717, 1.165) is 45.1 Å². The molecule has 2 heterocycles. The lowest BCUT2D eigenvalue weighted by Crippen LogP contribution is -2.43. The van der Waals surface area contributed by atoms with Gasteiger partial charge in [0.2, 0.25) is 0 Å². The molecule has 0 spiro atoms. The molecule has 0 aliphatic carbocycles. The van der Waals surface area contributed by atoms with E-state index in [0.29, 0.717) is 19.6 Å². The summed E-state index contributed by atoms with van der Waals surface area (Å²) in [7, 11) is -3.29. The minimum Gasteiger partial charge on any atom is -0.377 e. The van der Waals surface area contributed by atoms with E-state index in [1.165, 1.54) is 0 Å². The van der Waals surface area contributed by atoms with Gasteiger partial charge in [0.05, 0.1) is 6.10 Å². The number of hydrogen-bond donors (Lipinski definition) is 1. The predicted octanol–water partition coefficient (Wildman–Crippen LogP) is 0.876. The Morgan fingerprint density at radius 3 is 2.41 bits per heavy atom. The maximum absolute atomic E-state index is 12.1. The van der Waals surface area contributed by atoms with Crippen molar-refractivity contribution in [3.63, 3.8) is 0 Å². The van der Waals surface area contributed by atoms with Crippen LogP contribution in [0.2, 0.25) is 0 Å². The van der Waals surface area contributed by atoms with E-state index in [-0.39, 0.29) is 6.10 Å². The van der Waals surface area contributed by atoms with E-state index < -0.39 is 10.2 Å². The van der Waals surface area contributed by atoms with Crippen molar-refractivity contribution in [3.05, 3.63) is 0 Å². The molecule has 1 atom stereocenters. The normalized spacial score (nSPS) is 28.1. The second-order valence-corrected chi connectivity index (χ2v) is 6.56. The van der Waals surface area contributed by atoms with Crippen molar-refractivity contribution in [2.75, 3.05) is 26.2 Å². The molecule has 0 aromatic carbocycles. The molecule has 0 amide bonds. The molecule has 5 nitrogen and oxygen atoms in total. The van der Waals surface area contributed by atoms with Crippen LogP contribution < -0.4 is 4.72 Å². The van der Waals surface area contributed by atoms with Crippen molar-refractivity contribution in [2.24, 2.45) is 0 Å². The molecular weight excluding hydrogens is 240 g/mol. The SMILES string of the molecule is O=S(=O)(NC[C@H]1CCCO1)N1CCCCCC1. The van der Waals surface area contributed by atoms with Crippen LogP contribution in [-0.4, -0.2) is 45.1 Å². The Balaban J connectivity index is 1.83. The molecule has 2 aliphatic heterocycles. The van der Waals surface area contributed by atoms with Crippen LogP contribution in [0.25, 0.3) is 0 Å². The topological polar surface area (TPSA) is 58.6 Å². The number of rotatable bonds is 4. The van der Waals surface area contributed by atoms with Crippen molar-refractivity contribution >= 4 is 10.2 Å². The van der Waals surface area contributed by atoms with Gasteiger partial charge in [0.25, 0.3) is 10.2 Å². The minimum absolute atomic E-state index is 0.0664. The molecule has 0 aromatic rings. The Kier molecular flexibility index (Phi) is 4.78. The fourth-order valence-electron chi connectivity index (χ4n) is 2.38. The molecule has 0 aromatic heterocycles. The first-order chi connectivity index (χ1) is 8.18. The third kappa shape index (κ3) is 3.91. The summed E-state index contributed by atoms with van der Waals surface area (Å²) in [5, 5.41) is 0. The molecule has 2 rings (SSSR count). The molecule has 0 unspecified atom stereocenters. The van der Waals surface area contributed by atoms with E-state index >= 15 is 0 Å². The minimum atomic E-state index is -3.29. The van der Waals surface area contributed by atoms with Crippen molar-refractivity contribution in [2.45, 2.75) is 44.6 Å². The van der Waals surface area contributed by atoms with Crippen LogP contribution in [-0.2, 0) is 14.9 Å². The lowest BCUT2D eigenvalue weighted by atomic mass is 10.2. The first-order valence-corrected chi connectivity index (χ1v) is 7.99. The van der Waals surface area contributed by atoms with Gasteiger partial charge in [0.15, 0.2) is 0 Å². The van der Waals surface area contributed by atoms with Crippen LogP contribution in [0.4, 0.5) is 0 Å². The third-order valence-corrected chi connectivity index (χ3v) is 5.00. The molecule has 0 bridgehead atoms. The maximum atomic E-state index is 12.1. The van der Waals surface area contributed by atoms with Crippen LogP contribution in [0.15, 0.2) is 0 Å². The van der Waals surface area contributed by atoms with Gasteiger partial charge in [0.1, 0.15) is 0 Å². The summed E-state index contributed by atoms with van der Waals surface area (Å²) in [5.41, 5.74) is 0. The van der Waals surface area contributed by atoms with Gasteiger partial charge < -0.3 is 4.74 Å². The highest BCUT2D eigenvalue weighted by atomic mass is 32.2. The molecule has 6 heteroatoms. The molecule has 0 radical (unpaired) electrons. The maximum Gasteiger partial charge on any atom is 0.279 e. The van der Waals surface area contributed by atoms with E-state index in [2.05, 4.69) is 4.72 Å². The van der Waals surface area contributed by atoms with Crippen LogP contribution in [0.5, 0.6) is 0 Å². The smallest absolute Gasteiger partial charge is 0.279 e. The first kappa shape index (κ1) is 13.3. The fraction of sp³-hybridized carbons (Fsp3) is 1.00. The summed E-state index contributed by atoms with van der Waals surface area (Å²) < 4.78 is 33.8. The molecule has 0 saturated carbocycles. The summed E-state index contributed by atoms with van der Waals surface area (Å²) in [6.07, 6.45) is 6.28. The third-order valence-electron chi connectivity index (χ3n) is 3.42. The average molecular weight is 262 g/mol. The molecule has 17 heavy (non-hydrogen) atoms. The largest absolute Gasteiger partial charge is 0.377 e. The Morgan fingerprint density at radius 1 is 1.12 bits per heavy atom. The highest BCUT2D eigenvalue weighted by molar-refractivity contribution is 7.87. The molecule has 2 fully saturated rings. The summed E-state index contributed by atoms with van der Waals surface area (Å²) >= 11 is 0. The van der Waals surface area contributed by atoms with Gasteiger partial charge >= 0.3 is 0 Å². The van der Waals surface area contributed by atoms with E-state index in [9.17, 15) is 8.42 Å². The Hall–Kier alpha value is -0.170. The molecule has 2 saturated heterocycles. The zero-order chi connectivity index (χ0) is 12.1. The summed E-state index contributed by atoms with van der Waals surface area (Å²) in [6, 6.07) is 0. The van der Waals surface area contributed by atoms with Gasteiger partial charge in [-0.05, 0) is 25.7 Å². The van der Waals surface area contributed by atoms with E-state index in [4.69, 9.17) is 4.74 Å². The summed E-state index contributed by atoms with van der Waals surface area (Å²) in [4.78, 5) is 0. The molecule has 2 aliphatic rings. The highest BCUT2D eigenvalue weighted by Crippen LogP contribution is 2.14. The fourth-order valence-corrected chi connectivity index (χ4v) is 3.69.